The molecular weight excluding hydrogens is 316 g/mol. The summed E-state index contributed by atoms with van der Waals surface area (Å²) < 4.78 is 1.27. The Balaban J connectivity index is 2.12. The molecule has 0 amide bonds. The van der Waals surface area contributed by atoms with Crippen molar-refractivity contribution in [1.82, 2.24) is 9.78 Å². The van der Waals surface area contributed by atoms with Crippen LogP contribution in [-0.2, 0) is 17.8 Å². The summed E-state index contributed by atoms with van der Waals surface area (Å²) in [5, 5.41) is 14.8. The Bertz CT molecular complexity index is 1010. The predicted molar refractivity (Wildman–Crippen MR) is 97.0 cm³/mol. The summed E-state index contributed by atoms with van der Waals surface area (Å²) in [6.07, 6.45) is 0.468. The molecule has 128 valence electrons. The van der Waals surface area contributed by atoms with Crippen LogP contribution in [-0.4, -0.2) is 20.9 Å². The van der Waals surface area contributed by atoms with Crippen molar-refractivity contribution < 1.29 is 9.90 Å². The molecule has 25 heavy (non-hydrogen) atoms. The molecule has 5 heteroatoms. The zero-order valence-corrected chi connectivity index (χ0v) is 14.3. The van der Waals surface area contributed by atoms with Crippen molar-refractivity contribution in [3.63, 3.8) is 0 Å². The summed E-state index contributed by atoms with van der Waals surface area (Å²) in [5.41, 5.74) is 4.03. The minimum Gasteiger partial charge on any atom is -0.481 e. The molecule has 1 aromatic heterocycles. The van der Waals surface area contributed by atoms with Gasteiger partial charge in [0, 0.05) is 11.8 Å². The van der Waals surface area contributed by atoms with Crippen molar-refractivity contribution in [3.8, 4) is 0 Å². The molecule has 3 rings (SSSR count). The maximum Gasteiger partial charge on any atom is 0.305 e. The van der Waals surface area contributed by atoms with Crippen LogP contribution >= 0.6 is 0 Å². The van der Waals surface area contributed by atoms with Gasteiger partial charge in [-0.15, -0.1) is 0 Å². The number of carboxylic acid groups (broad SMARTS) is 1. The molecule has 2 aromatic carbocycles. The zero-order chi connectivity index (χ0) is 18.0. The normalized spacial score (nSPS) is 11.0. The highest BCUT2D eigenvalue weighted by molar-refractivity contribution is 5.83. The van der Waals surface area contributed by atoms with Crippen molar-refractivity contribution in [2.45, 2.75) is 33.2 Å². The monoisotopic (exact) mass is 336 g/mol. The van der Waals surface area contributed by atoms with Gasteiger partial charge in [-0.2, -0.15) is 5.10 Å². The third-order valence-corrected chi connectivity index (χ3v) is 4.34. The fourth-order valence-corrected chi connectivity index (χ4v) is 2.96. The van der Waals surface area contributed by atoms with Crippen LogP contribution in [0.2, 0.25) is 0 Å². The number of hydrogen-bond donors (Lipinski definition) is 1. The van der Waals surface area contributed by atoms with E-state index in [4.69, 9.17) is 5.11 Å². The molecule has 1 N–H and O–H groups in total. The summed E-state index contributed by atoms with van der Waals surface area (Å²) >= 11 is 0. The highest BCUT2D eigenvalue weighted by Gasteiger charge is 2.12. The molecule has 0 fully saturated rings. The second-order valence-electron chi connectivity index (χ2n) is 6.27. The summed E-state index contributed by atoms with van der Waals surface area (Å²) in [4.78, 5) is 23.4. The molecule has 0 aliphatic rings. The number of carboxylic acids is 1. The quantitative estimate of drug-likeness (QED) is 0.777. The summed E-state index contributed by atoms with van der Waals surface area (Å²) in [6, 6.07) is 13.6. The molecular formula is C20H20N2O3. The minimum atomic E-state index is -0.946. The number of aromatic nitrogens is 2. The Morgan fingerprint density at radius 3 is 2.56 bits per heavy atom. The van der Waals surface area contributed by atoms with Gasteiger partial charge in [0.1, 0.15) is 0 Å². The van der Waals surface area contributed by atoms with Gasteiger partial charge >= 0.3 is 5.97 Å². The Morgan fingerprint density at radius 2 is 1.84 bits per heavy atom. The molecule has 0 unspecified atom stereocenters. The molecule has 0 saturated heterocycles. The van der Waals surface area contributed by atoms with Crippen LogP contribution in [0, 0.1) is 13.8 Å². The van der Waals surface area contributed by atoms with E-state index < -0.39 is 5.97 Å². The lowest BCUT2D eigenvalue weighted by atomic mass is 9.99. The van der Waals surface area contributed by atoms with E-state index in [2.05, 4.69) is 30.2 Å². The number of hydrogen-bond acceptors (Lipinski definition) is 3. The van der Waals surface area contributed by atoms with Crippen LogP contribution in [0.4, 0.5) is 0 Å². The van der Waals surface area contributed by atoms with E-state index in [1.54, 1.807) is 6.07 Å². The third kappa shape index (κ3) is 3.60. The van der Waals surface area contributed by atoms with Gasteiger partial charge in [-0.1, -0.05) is 42.0 Å². The van der Waals surface area contributed by atoms with Crippen molar-refractivity contribution in [1.29, 1.82) is 0 Å². The summed E-state index contributed by atoms with van der Waals surface area (Å²) in [6.45, 7) is 4.17. The molecule has 0 spiro atoms. The number of nitrogens with zero attached hydrogens (tertiary/aromatic N) is 2. The number of aryl methyl sites for hydroxylation is 3. The third-order valence-electron chi connectivity index (χ3n) is 4.34. The first-order valence-corrected chi connectivity index (χ1v) is 8.22. The van der Waals surface area contributed by atoms with Crippen LogP contribution in [0.5, 0.6) is 0 Å². The van der Waals surface area contributed by atoms with Gasteiger partial charge in [0.2, 0.25) is 0 Å². The first kappa shape index (κ1) is 16.9. The number of aliphatic carboxylic acids is 1. The average molecular weight is 336 g/mol. The highest BCUT2D eigenvalue weighted by Crippen LogP contribution is 2.20. The fraction of sp³-hybridized carbons (Fsp3) is 0.250. The second kappa shape index (κ2) is 6.89. The standard InChI is InChI=1S/C20H20N2O3/c1-13-7-8-14(2)15(11-13)12-18-16-5-3-4-6-17(16)20(25)22(21-18)10-9-19(23)24/h3-8,11H,9-10,12H2,1-2H3,(H,23,24). The number of rotatable bonds is 5. The van der Waals surface area contributed by atoms with Crippen LogP contribution in [0.1, 0.15) is 28.8 Å². The van der Waals surface area contributed by atoms with Gasteiger partial charge < -0.3 is 5.11 Å². The molecule has 0 atom stereocenters. The molecule has 0 aliphatic carbocycles. The lowest BCUT2D eigenvalue weighted by molar-refractivity contribution is -0.137. The van der Waals surface area contributed by atoms with Crippen molar-refractivity contribution in [2.24, 2.45) is 0 Å². The van der Waals surface area contributed by atoms with Gasteiger partial charge in [0.25, 0.3) is 5.56 Å². The number of fused-ring (bicyclic) bond motifs is 1. The maximum absolute atomic E-state index is 12.6. The minimum absolute atomic E-state index is 0.0683. The van der Waals surface area contributed by atoms with Crippen LogP contribution in [0.15, 0.2) is 47.3 Å². The Labute approximate surface area is 145 Å². The van der Waals surface area contributed by atoms with Crippen molar-refractivity contribution >= 4 is 16.7 Å². The van der Waals surface area contributed by atoms with Gasteiger partial charge in [0.05, 0.1) is 24.0 Å². The number of carbonyl (C=O) groups is 1. The van der Waals surface area contributed by atoms with E-state index in [9.17, 15) is 9.59 Å². The topological polar surface area (TPSA) is 72.2 Å². The van der Waals surface area contributed by atoms with Gasteiger partial charge in [0.15, 0.2) is 0 Å². The second-order valence-corrected chi connectivity index (χ2v) is 6.27. The van der Waals surface area contributed by atoms with Gasteiger partial charge in [-0.3, -0.25) is 9.59 Å². The van der Waals surface area contributed by atoms with Crippen molar-refractivity contribution in [2.75, 3.05) is 0 Å². The molecule has 0 bridgehead atoms. The molecule has 0 radical (unpaired) electrons. The SMILES string of the molecule is Cc1ccc(C)c(Cc2nn(CCC(=O)O)c(=O)c3ccccc23)c1. The van der Waals surface area contributed by atoms with Crippen molar-refractivity contribution in [3.05, 3.63) is 75.2 Å². The summed E-state index contributed by atoms with van der Waals surface area (Å²) in [5.74, 6) is -0.946. The fourth-order valence-electron chi connectivity index (χ4n) is 2.96. The summed E-state index contributed by atoms with van der Waals surface area (Å²) in [7, 11) is 0. The molecule has 1 heterocycles. The largest absolute Gasteiger partial charge is 0.481 e. The van der Waals surface area contributed by atoms with Crippen LogP contribution in [0.25, 0.3) is 10.8 Å². The zero-order valence-electron chi connectivity index (χ0n) is 14.3. The van der Waals surface area contributed by atoms with Crippen LogP contribution < -0.4 is 5.56 Å². The molecule has 0 aliphatic heterocycles. The first-order chi connectivity index (χ1) is 12.0. The lowest BCUT2D eigenvalue weighted by Crippen LogP contribution is -2.26. The Morgan fingerprint density at radius 1 is 1.12 bits per heavy atom. The van der Waals surface area contributed by atoms with E-state index in [1.165, 1.54) is 15.8 Å². The highest BCUT2D eigenvalue weighted by atomic mass is 16.4. The average Bonchev–Trinajstić information content (AvgIpc) is 2.59. The van der Waals surface area contributed by atoms with E-state index in [0.29, 0.717) is 11.8 Å². The predicted octanol–water partition coefficient (Wildman–Crippen LogP) is 3.08. The maximum atomic E-state index is 12.6. The smallest absolute Gasteiger partial charge is 0.305 e. The Hall–Kier alpha value is -2.95. The lowest BCUT2D eigenvalue weighted by Gasteiger charge is -2.12. The molecule has 0 saturated carbocycles. The molecule has 5 nitrogen and oxygen atoms in total. The van der Waals surface area contributed by atoms with E-state index >= 15 is 0 Å². The van der Waals surface area contributed by atoms with Gasteiger partial charge in [-0.25, -0.2) is 4.68 Å². The molecule has 3 aromatic rings. The Kier molecular flexibility index (Phi) is 4.65. The van der Waals surface area contributed by atoms with Gasteiger partial charge in [-0.05, 0) is 31.0 Å². The van der Waals surface area contributed by atoms with E-state index in [0.717, 1.165) is 16.6 Å². The van der Waals surface area contributed by atoms with E-state index in [-0.39, 0.29) is 18.5 Å². The number of benzene rings is 2. The first-order valence-electron chi connectivity index (χ1n) is 8.22. The van der Waals surface area contributed by atoms with Crippen LogP contribution in [0.3, 0.4) is 0 Å². The van der Waals surface area contributed by atoms with E-state index in [1.807, 2.05) is 25.1 Å².